The van der Waals surface area contributed by atoms with E-state index in [1.54, 1.807) is 7.11 Å². The number of hydrogen-bond donors (Lipinski definition) is 1. The van der Waals surface area contributed by atoms with Gasteiger partial charge >= 0.3 is 0 Å². The van der Waals surface area contributed by atoms with Gasteiger partial charge in [-0.1, -0.05) is 30.3 Å². The number of carbonyl (C=O) groups excluding carboxylic acids is 1. The number of allylic oxidation sites excluding steroid dienone is 1. The lowest BCUT2D eigenvalue weighted by Gasteiger charge is -2.29. The van der Waals surface area contributed by atoms with Gasteiger partial charge in [0.1, 0.15) is 11.2 Å². The summed E-state index contributed by atoms with van der Waals surface area (Å²) in [6.07, 6.45) is 3.00. The van der Waals surface area contributed by atoms with Crippen molar-refractivity contribution in [2.24, 2.45) is 11.3 Å². The number of benzene rings is 1. The van der Waals surface area contributed by atoms with Crippen LogP contribution in [0.4, 0.5) is 0 Å². The predicted octanol–water partition coefficient (Wildman–Crippen LogP) is 2.01. The molecule has 1 N–H and O–H groups in total. The van der Waals surface area contributed by atoms with Crippen LogP contribution in [0.5, 0.6) is 0 Å². The van der Waals surface area contributed by atoms with E-state index in [2.05, 4.69) is 11.4 Å². The van der Waals surface area contributed by atoms with Gasteiger partial charge in [-0.25, -0.2) is 0 Å². The zero-order chi connectivity index (χ0) is 12.6. The second-order valence-electron chi connectivity index (χ2n) is 5.00. The Morgan fingerprint density at radius 1 is 1.39 bits per heavy atom. The Kier molecular flexibility index (Phi) is 2.71. The van der Waals surface area contributed by atoms with Crippen LogP contribution >= 0.6 is 0 Å². The average molecular weight is 243 g/mol. The summed E-state index contributed by atoms with van der Waals surface area (Å²) in [5.41, 5.74) is 0.298. The molecule has 3 heteroatoms. The summed E-state index contributed by atoms with van der Waals surface area (Å²) in [5.74, 6) is 1.36. The van der Waals surface area contributed by atoms with Crippen LogP contribution in [-0.4, -0.2) is 26.0 Å². The van der Waals surface area contributed by atoms with Crippen molar-refractivity contribution in [1.29, 1.82) is 0 Å². The third-order valence-corrected chi connectivity index (χ3v) is 4.18. The third-order valence-electron chi connectivity index (χ3n) is 4.18. The van der Waals surface area contributed by atoms with Crippen LogP contribution in [0.3, 0.4) is 0 Å². The fourth-order valence-electron chi connectivity index (χ4n) is 3.26. The minimum absolute atomic E-state index is 0.184. The lowest BCUT2D eigenvalue weighted by Crippen LogP contribution is -2.38. The van der Waals surface area contributed by atoms with Gasteiger partial charge in [-0.3, -0.25) is 4.79 Å². The van der Waals surface area contributed by atoms with E-state index in [4.69, 9.17) is 4.74 Å². The first kappa shape index (κ1) is 11.5. The van der Waals surface area contributed by atoms with Crippen LogP contribution in [0.15, 0.2) is 42.2 Å². The molecule has 0 amide bonds. The molecule has 1 heterocycles. The molecule has 94 valence electrons. The van der Waals surface area contributed by atoms with Gasteiger partial charge in [-0.2, -0.15) is 0 Å². The van der Waals surface area contributed by atoms with Gasteiger partial charge in [0.15, 0.2) is 5.78 Å². The molecule has 0 saturated carbocycles. The highest BCUT2D eigenvalue weighted by Crippen LogP contribution is 2.48. The number of methoxy groups -OCH3 is 1. The molecular weight excluding hydrogens is 226 g/mol. The van der Waals surface area contributed by atoms with Crippen LogP contribution < -0.4 is 5.32 Å². The largest absolute Gasteiger partial charge is 0.500 e. The number of fused-ring (bicyclic) bond motifs is 1. The first-order valence-electron chi connectivity index (χ1n) is 6.34. The van der Waals surface area contributed by atoms with Crippen molar-refractivity contribution in [3.63, 3.8) is 0 Å². The summed E-state index contributed by atoms with van der Waals surface area (Å²) < 4.78 is 5.47. The van der Waals surface area contributed by atoms with Crippen LogP contribution in [0.25, 0.3) is 0 Å². The van der Waals surface area contributed by atoms with Crippen molar-refractivity contribution >= 4 is 5.78 Å². The van der Waals surface area contributed by atoms with Crippen molar-refractivity contribution in [1.82, 2.24) is 5.32 Å². The number of hydrogen-bond acceptors (Lipinski definition) is 3. The average Bonchev–Trinajstić information content (AvgIpc) is 2.97. The Morgan fingerprint density at radius 2 is 2.17 bits per heavy atom. The lowest BCUT2D eigenvalue weighted by molar-refractivity contribution is 0.0728. The van der Waals surface area contributed by atoms with Crippen LogP contribution in [0, 0.1) is 11.3 Å². The lowest BCUT2D eigenvalue weighted by atomic mass is 9.74. The maximum absolute atomic E-state index is 12.9. The zero-order valence-corrected chi connectivity index (χ0v) is 10.5. The Morgan fingerprint density at radius 3 is 2.89 bits per heavy atom. The Hall–Kier alpha value is -1.61. The van der Waals surface area contributed by atoms with E-state index >= 15 is 0 Å². The fourth-order valence-corrected chi connectivity index (χ4v) is 3.26. The number of rotatable bonds is 3. The maximum atomic E-state index is 12.9. The molecule has 1 aromatic carbocycles. The van der Waals surface area contributed by atoms with E-state index in [1.165, 1.54) is 0 Å². The van der Waals surface area contributed by atoms with E-state index in [-0.39, 0.29) is 5.78 Å². The molecule has 2 aliphatic rings. The van der Waals surface area contributed by atoms with Crippen molar-refractivity contribution < 1.29 is 9.53 Å². The SMILES string of the molecule is COC1=CCC2CNCC12C(=O)c1ccccc1. The molecule has 2 unspecified atom stereocenters. The molecule has 0 bridgehead atoms. The Labute approximate surface area is 107 Å². The molecule has 0 aromatic heterocycles. The Balaban J connectivity index is 2.03. The van der Waals surface area contributed by atoms with Crippen LogP contribution in [0.1, 0.15) is 16.8 Å². The first-order valence-corrected chi connectivity index (χ1v) is 6.34. The number of ketones is 1. The predicted molar refractivity (Wildman–Crippen MR) is 69.3 cm³/mol. The monoisotopic (exact) mass is 243 g/mol. The molecule has 0 spiro atoms. The van der Waals surface area contributed by atoms with Gasteiger partial charge in [-0.05, 0) is 25.0 Å². The highest BCUT2D eigenvalue weighted by Gasteiger charge is 2.55. The molecule has 2 atom stereocenters. The number of Topliss-reactive ketones (excluding diaryl/α,β-unsaturated/α-hetero) is 1. The van der Waals surface area contributed by atoms with Gasteiger partial charge in [0, 0.05) is 12.1 Å². The molecule has 1 saturated heterocycles. The second kappa shape index (κ2) is 4.25. The fraction of sp³-hybridized carbons (Fsp3) is 0.400. The summed E-state index contributed by atoms with van der Waals surface area (Å²) in [6.45, 7) is 1.58. The van der Waals surface area contributed by atoms with Crippen molar-refractivity contribution in [2.75, 3.05) is 20.2 Å². The van der Waals surface area contributed by atoms with E-state index in [1.807, 2.05) is 30.3 Å². The molecule has 3 nitrogen and oxygen atoms in total. The van der Waals surface area contributed by atoms with Crippen molar-refractivity contribution in [3.05, 3.63) is 47.7 Å². The summed E-state index contributed by atoms with van der Waals surface area (Å²) in [6, 6.07) is 9.52. The summed E-state index contributed by atoms with van der Waals surface area (Å²) in [7, 11) is 1.66. The molecule has 3 rings (SSSR count). The smallest absolute Gasteiger partial charge is 0.178 e. The topological polar surface area (TPSA) is 38.3 Å². The maximum Gasteiger partial charge on any atom is 0.178 e. The van der Waals surface area contributed by atoms with Crippen molar-refractivity contribution in [2.45, 2.75) is 6.42 Å². The third kappa shape index (κ3) is 1.44. The molecule has 1 aromatic rings. The molecule has 1 aliphatic carbocycles. The Bertz CT molecular complexity index is 494. The van der Waals surface area contributed by atoms with Gasteiger partial charge < -0.3 is 10.1 Å². The summed E-state index contributed by atoms with van der Waals surface area (Å²) >= 11 is 0. The number of nitrogens with one attached hydrogen (secondary N) is 1. The molecule has 18 heavy (non-hydrogen) atoms. The van der Waals surface area contributed by atoms with Crippen molar-refractivity contribution in [3.8, 4) is 0 Å². The molecular formula is C15H17NO2. The normalized spacial score (nSPS) is 29.8. The molecule has 0 radical (unpaired) electrons. The zero-order valence-electron chi connectivity index (χ0n) is 10.5. The van der Waals surface area contributed by atoms with E-state index in [0.717, 1.165) is 24.3 Å². The minimum Gasteiger partial charge on any atom is -0.500 e. The van der Waals surface area contributed by atoms with Gasteiger partial charge in [0.2, 0.25) is 0 Å². The van der Waals surface area contributed by atoms with Gasteiger partial charge in [0.25, 0.3) is 0 Å². The van der Waals surface area contributed by atoms with Crippen LogP contribution in [-0.2, 0) is 4.74 Å². The van der Waals surface area contributed by atoms with Gasteiger partial charge in [0.05, 0.1) is 7.11 Å². The van der Waals surface area contributed by atoms with E-state index in [0.29, 0.717) is 12.5 Å². The number of carbonyl (C=O) groups is 1. The van der Waals surface area contributed by atoms with Crippen LogP contribution in [0.2, 0.25) is 0 Å². The van der Waals surface area contributed by atoms with E-state index in [9.17, 15) is 4.79 Å². The second-order valence-corrected chi connectivity index (χ2v) is 5.00. The minimum atomic E-state index is -0.476. The molecule has 1 aliphatic heterocycles. The summed E-state index contributed by atoms with van der Waals surface area (Å²) in [4.78, 5) is 12.9. The highest BCUT2D eigenvalue weighted by atomic mass is 16.5. The molecule has 1 fully saturated rings. The van der Waals surface area contributed by atoms with Gasteiger partial charge in [-0.15, -0.1) is 0 Å². The summed E-state index contributed by atoms with van der Waals surface area (Å²) in [5, 5.41) is 3.34. The number of ether oxygens (including phenoxy) is 1. The first-order chi connectivity index (χ1) is 8.79. The highest BCUT2D eigenvalue weighted by molar-refractivity contribution is 6.03. The standard InChI is InChI=1S/C15H17NO2/c1-18-13-8-7-12-9-16-10-15(12,13)14(17)11-5-3-2-4-6-11/h2-6,8,12,16H,7,9-10H2,1H3. The van der Waals surface area contributed by atoms with E-state index < -0.39 is 5.41 Å². The quantitative estimate of drug-likeness (QED) is 0.825.